The molecule has 0 saturated heterocycles. The van der Waals surface area contributed by atoms with Crippen LogP contribution < -0.4 is 0 Å². The smallest absolute Gasteiger partial charge is 0.00922 e. The number of rotatable bonds is 3. The molecular weight excluding hydrogens is 120 g/mol. The average Bonchev–Trinajstić information content (AvgIpc) is 1.61. The summed E-state index contributed by atoms with van der Waals surface area (Å²) >= 11 is 0. The second-order valence-electron chi connectivity index (χ2n) is 1.43. The highest BCUT2D eigenvalue weighted by atomic mass is 29.5. The van der Waals surface area contributed by atoms with E-state index in [1.54, 1.807) is 9.76 Å². The second-order valence-corrected chi connectivity index (χ2v) is 17.8. The Labute approximate surface area is 46.7 Å². The summed E-state index contributed by atoms with van der Waals surface area (Å²) in [5, 5.41) is 0. The summed E-state index contributed by atoms with van der Waals surface area (Å²) in [5.74, 6) is 0. The van der Waals surface area contributed by atoms with Crippen molar-refractivity contribution in [2.45, 2.75) is 6.04 Å². The molecule has 0 radical (unpaired) electrons. The Bertz CT molecular complexity index is 35.0. The van der Waals surface area contributed by atoms with Crippen LogP contribution in [-0.4, -0.2) is 27.4 Å². The van der Waals surface area contributed by atoms with Gasteiger partial charge in [0.05, 0.1) is 0 Å². The van der Waals surface area contributed by atoms with Crippen LogP contribution in [0.3, 0.4) is 0 Å². The highest BCUT2D eigenvalue weighted by Crippen LogP contribution is 1.71. The van der Waals surface area contributed by atoms with Crippen LogP contribution in [0.5, 0.6) is 0 Å². The van der Waals surface area contributed by atoms with Gasteiger partial charge in [-0.25, -0.2) is 0 Å². The summed E-state index contributed by atoms with van der Waals surface area (Å²) < 4.78 is 0. The van der Waals surface area contributed by atoms with Crippen LogP contribution in [0.2, 0.25) is 6.04 Å². The van der Waals surface area contributed by atoms with Gasteiger partial charge in [0.25, 0.3) is 0 Å². The van der Waals surface area contributed by atoms with Crippen molar-refractivity contribution in [2.24, 2.45) is 0 Å². The summed E-state index contributed by atoms with van der Waals surface area (Å²) in [6.45, 7) is 3.67. The summed E-state index contributed by atoms with van der Waals surface area (Å²) in [5.41, 5.74) is 0. The summed E-state index contributed by atoms with van der Waals surface area (Å²) in [4.78, 5) is 0. The number of hydrogen-bond donors (Lipinski definition) is 0. The molecule has 0 N–H and O–H groups in total. The molecule has 6 heavy (non-hydrogen) atoms. The molecule has 0 fully saturated rings. The van der Waals surface area contributed by atoms with Gasteiger partial charge in [0.1, 0.15) is 0 Å². The van der Waals surface area contributed by atoms with Crippen molar-refractivity contribution in [1.82, 2.24) is 0 Å². The summed E-state index contributed by atoms with van der Waals surface area (Å²) in [6.07, 6.45) is 2.08. The van der Waals surface area contributed by atoms with Gasteiger partial charge in [-0.15, -0.1) is 6.58 Å². The molecule has 0 rings (SSSR count). The Morgan fingerprint density at radius 3 is 2.67 bits per heavy atom. The lowest BCUT2D eigenvalue weighted by atomic mass is 10.8. The van der Waals surface area contributed by atoms with E-state index in [0.29, 0.717) is 17.6 Å². The molecule has 0 aromatic heterocycles. The first-order valence-electron chi connectivity index (χ1n) is 2.52. The van der Waals surface area contributed by atoms with Crippen LogP contribution in [0.25, 0.3) is 0 Å². The van der Waals surface area contributed by atoms with Crippen molar-refractivity contribution in [3.8, 4) is 0 Å². The van der Waals surface area contributed by atoms with Crippen LogP contribution in [0, 0.1) is 0 Å². The van der Waals surface area contributed by atoms with Gasteiger partial charge in [-0.05, 0) is 24.4 Å². The molecule has 0 spiro atoms. The van der Waals surface area contributed by atoms with E-state index in [4.69, 9.17) is 0 Å². The molecule has 0 nitrogen and oxygen atoms in total. The highest BCUT2D eigenvalue weighted by molar-refractivity contribution is 7.23. The van der Waals surface area contributed by atoms with E-state index in [2.05, 4.69) is 12.7 Å². The molecule has 0 atom stereocenters. The first-order chi connectivity index (χ1) is 2.91. The first kappa shape index (κ1) is 6.39. The predicted molar refractivity (Wildman–Crippen MR) is 42.0 cm³/mol. The van der Waals surface area contributed by atoms with E-state index in [9.17, 15) is 0 Å². The summed E-state index contributed by atoms with van der Waals surface area (Å²) in [7, 11) is 2.67. The Balaban J connectivity index is 2.49. The van der Waals surface area contributed by atoms with Crippen molar-refractivity contribution in [3.63, 3.8) is 0 Å². The molecule has 0 aliphatic heterocycles. The Morgan fingerprint density at radius 2 is 2.50 bits per heavy atom. The lowest BCUT2D eigenvalue weighted by Gasteiger charge is -1.79. The minimum absolute atomic E-state index is 0.504. The molecule has 0 unspecified atom stereocenters. The molecule has 0 bridgehead atoms. The van der Waals surface area contributed by atoms with Crippen LogP contribution in [0.1, 0.15) is 0 Å². The van der Waals surface area contributed by atoms with E-state index >= 15 is 0 Å². The maximum Gasteiger partial charge on any atom is 0.00922 e. The molecular formula is C3H12Si3. The quantitative estimate of drug-likeness (QED) is 0.240. The van der Waals surface area contributed by atoms with Gasteiger partial charge in [-0.1, -0.05) is 6.08 Å². The molecule has 0 saturated carbocycles. The molecule has 0 aromatic rings. The van der Waals surface area contributed by atoms with E-state index < -0.39 is 0 Å². The topological polar surface area (TPSA) is 0 Å². The van der Waals surface area contributed by atoms with E-state index in [1.807, 2.05) is 0 Å². The highest BCUT2D eigenvalue weighted by Gasteiger charge is 1.74. The van der Waals surface area contributed by atoms with E-state index in [0.717, 1.165) is 0 Å². The standard InChI is InChI=1S/C3H12Si3/c1-2-3-5-6-4/h2H,1,3,5-6H2,4H3. The Hall–Kier alpha value is 0.391. The van der Waals surface area contributed by atoms with E-state index in [-0.39, 0.29) is 0 Å². The maximum absolute atomic E-state index is 3.67. The summed E-state index contributed by atoms with van der Waals surface area (Å²) in [6, 6.07) is 1.41. The fraction of sp³-hybridized carbons (Fsp3) is 0.333. The van der Waals surface area contributed by atoms with Gasteiger partial charge < -0.3 is 0 Å². The zero-order chi connectivity index (χ0) is 4.83. The lowest BCUT2D eigenvalue weighted by Crippen LogP contribution is -1.99. The molecule has 0 heterocycles. The molecule has 0 aromatic carbocycles. The van der Waals surface area contributed by atoms with Gasteiger partial charge >= 0.3 is 0 Å². The Kier molecular flexibility index (Phi) is 5.74. The van der Waals surface area contributed by atoms with E-state index in [1.165, 1.54) is 6.04 Å². The van der Waals surface area contributed by atoms with Gasteiger partial charge in [0.2, 0.25) is 0 Å². The third-order valence-corrected chi connectivity index (χ3v) is 12.0. The lowest BCUT2D eigenvalue weighted by molar-refractivity contribution is 1.75. The molecule has 0 aliphatic carbocycles. The van der Waals surface area contributed by atoms with Crippen LogP contribution in [0.15, 0.2) is 12.7 Å². The second kappa shape index (κ2) is 5.39. The average molecular weight is 132 g/mol. The zero-order valence-corrected chi connectivity index (χ0v) is 9.23. The van der Waals surface area contributed by atoms with Crippen molar-refractivity contribution < 1.29 is 0 Å². The predicted octanol–water partition coefficient (Wildman–Crippen LogP) is -1.88. The van der Waals surface area contributed by atoms with Gasteiger partial charge in [0.15, 0.2) is 0 Å². The zero-order valence-electron chi connectivity index (χ0n) is 4.41. The Morgan fingerprint density at radius 1 is 1.83 bits per heavy atom. The monoisotopic (exact) mass is 132 g/mol. The maximum atomic E-state index is 3.67. The van der Waals surface area contributed by atoms with Crippen LogP contribution in [-0.2, 0) is 0 Å². The van der Waals surface area contributed by atoms with Crippen LogP contribution >= 0.6 is 0 Å². The van der Waals surface area contributed by atoms with Crippen molar-refractivity contribution in [2.75, 3.05) is 0 Å². The third kappa shape index (κ3) is 4.39. The van der Waals surface area contributed by atoms with Crippen LogP contribution in [0.4, 0.5) is 0 Å². The SMILES string of the molecule is C=CC[SiH2][SiH2][SiH3]. The van der Waals surface area contributed by atoms with Gasteiger partial charge in [-0.3, -0.25) is 0 Å². The number of allylic oxidation sites excluding steroid dienone is 1. The van der Waals surface area contributed by atoms with Gasteiger partial charge in [-0.2, -0.15) is 0 Å². The van der Waals surface area contributed by atoms with Gasteiger partial charge in [0, 0.05) is 9.04 Å². The van der Waals surface area contributed by atoms with Crippen molar-refractivity contribution in [1.29, 1.82) is 0 Å². The first-order valence-corrected chi connectivity index (χ1v) is 13.2. The van der Waals surface area contributed by atoms with Crippen molar-refractivity contribution in [3.05, 3.63) is 12.7 Å². The van der Waals surface area contributed by atoms with Crippen molar-refractivity contribution >= 4 is 27.4 Å². The molecule has 0 amide bonds. The molecule has 3 heteroatoms. The fourth-order valence-corrected chi connectivity index (χ4v) is 6.81. The fourth-order valence-electron chi connectivity index (χ4n) is 0.348. The third-order valence-electron chi connectivity index (χ3n) is 0.762. The number of hydrogen-bond acceptors (Lipinski definition) is 0. The minimum atomic E-state index is 0.504. The molecule has 0 aliphatic rings. The molecule has 36 valence electrons. The largest absolute Gasteiger partial charge is 0.103 e. The minimum Gasteiger partial charge on any atom is -0.103 e. The normalized spacial score (nSPS) is 12.7.